The van der Waals surface area contributed by atoms with Crippen molar-refractivity contribution in [2.75, 3.05) is 18.1 Å². The summed E-state index contributed by atoms with van der Waals surface area (Å²) in [7, 11) is 0. The summed E-state index contributed by atoms with van der Waals surface area (Å²) in [5.74, 6) is -0.133. The van der Waals surface area contributed by atoms with Gasteiger partial charge in [0.05, 0.1) is 22.9 Å². The first kappa shape index (κ1) is 19.7. The Morgan fingerprint density at radius 2 is 1.93 bits per heavy atom. The molecule has 0 spiro atoms. The molecule has 0 saturated carbocycles. The van der Waals surface area contributed by atoms with Crippen LogP contribution in [0.2, 0.25) is 0 Å². The molecule has 1 atom stereocenters. The zero-order valence-corrected chi connectivity index (χ0v) is 17.5. The van der Waals surface area contributed by atoms with Crippen LogP contribution in [0.3, 0.4) is 0 Å². The smallest absolute Gasteiger partial charge is 0.260 e. The quantitative estimate of drug-likeness (QED) is 0.545. The summed E-state index contributed by atoms with van der Waals surface area (Å²) >= 11 is 1.53. The molecule has 2 aromatic carbocycles. The summed E-state index contributed by atoms with van der Waals surface area (Å²) in [5, 5.41) is 0.692. The average Bonchev–Trinajstić information content (AvgIpc) is 3.40. The molecule has 2 heterocycles. The maximum absolute atomic E-state index is 13.4. The second-order valence-electron chi connectivity index (χ2n) is 7.30. The summed E-state index contributed by atoms with van der Waals surface area (Å²) in [5.41, 5.74) is 3.29. The predicted octanol–water partition coefficient (Wildman–Crippen LogP) is 4.89. The summed E-state index contributed by atoms with van der Waals surface area (Å²) in [6.07, 6.45) is 2.87. The molecule has 1 fully saturated rings. The Hall–Kier alpha value is -2.57. The lowest BCUT2D eigenvalue weighted by molar-refractivity contribution is 0.0916. The first-order chi connectivity index (χ1) is 14.1. The highest BCUT2D eigenvalue weighted by Gasteiger charge is 2.27. The van der Waals surface area contributed by atoms with E-state index < -0.39 is 0 Å². The van der Waals surface area contributed by atoms with Crippen molar-refractivity contribution in [3.63, 3.8) is 0 Å². The third-order valence-electron chi connectivity index (χ3n) is 5.30. The Morgan fingerprint density at radius 1 is 1.17 bits per heavy atom. The highest BCUT2D eigenvalue weighted by molar-refractivity contribution is 7.22. The molecule has 0 bridgehead atoms. The van der Waals surface area contributed by atoms with Crippen molar-refractivity contribution in [1.29, 1.82) is 0 Å². The summed E-state index contributed by atoms with van der Waals surface area (Å²) in [6.45, 7) is 4.85. The molecule has 1 saturated heterocycles. The van der Waals surface area contributed by atoms with Gasteiger partial charge in [-0.3, -0.25) is 14.5 Å². The SMILES string of the molecule is CCc1cccc2sc(N(CC3CCCO3)C(=O)c3ccc(C(C)=O)cc3)nc12. The minimum Gasteiger partial charge on any atom is -0.376 e. The van der Waals surface area contributed by atoms with E-state index in [9.17, 15) is 9.59 Å². The van der Waals surface area contributed by atoms with Crippen LogP contribution in [0.25, 0.3) is 10.2 Å². The Balaban J connectivity index is 1.71. The van der Waals surface area contributed by atoms with Gasteiger partial charge in [0.2, 0.25) is 0 Å². The van der Waals surface area contributed by atoms with Crippen molar-refractivity contribution in [2.45, 2.75) is 39.2 Å². The van der Waals surface area contributed by atoms with E-state index >= 15 is 0 Å². The Bertz CT molecular complexity index is 1040. The molecule has 4 rings (SSSR count). The van der Waals surface area contributed by atoms with Crippen molar-refractivity contribution >= 4 is 38.4 Å². The number of benzene rings is 2. The number of aromatic nitrogens is 1. The van der Waals surface area contributed by atoms with E-state index in [0.717, 1.165) is 36.1 Å². The molecule has 1 amide bonds. The van der Waals surface area contributed by atoms with Crippen molar-refractivity contribution in [3.05, 3.63) is 59.2 Å². The fourth-order valence-electron chi connectivity index (χ4n) is 3.64. The van der Waals surface area contributed by atoms with Gasteiger partial charge in [-0.15, -0.1) is 0 Å². The maximum atomic E-state index is 13.4. The Kier molecular flexibility index (Phi) is 5.74. The Morgan fingerprint density at radius 3 is 2.59 bits per heavy atom. The van der Waals surface area contributed by atoms with Crippen LogP contribution in [-0.4, -0.2) is 35.9 Å². The molecule has 150 valence electrons. The molecule has 1 unspecified atom stereocenters. The second kappa shape index (κ2) is 8.43. The van der Waals surface area contributed by atoms with Crippen molar-refractivity contribution in [2.24, 2.45) is 0 Å². The first-order valence-corrected chi connectivity index (χ1v) is 10.8. The average molecular weight is 409 g/mol. The van der Waals surface area contributed by atoms with E-state index in [-0.39, 0.29) is 17.8 Å². The fraction of sp³-hybridized carbons (Fsp3) is 0.348. The summed E-state index contributed by atoms with van der Waals surface area (Å²) in [4.78, 5) is 31.5. The van der Waals surface area contributed by atoms with Crippen LogP contribution in [0.1, 0.15) is 53.0 Å². The summed E-state index contributed by atoms with van der Waals surface area (Å²) in [6, 6.07) is 13.0. The van der Waals surface area contributed by atoms with Gasteiger partial charge >= 0.3 is 0 Å². The molecule has 0 aliphatic carbocycles. The van der Waals surface area contributed by atoms with E-state index in [1.54, 1.807) is 29.2 Å². The number of hydrogen-bond donors (Lipinski definition) is 0. The minimum absolute atomic E-state index is 0.0153. The van der Waals surface area contributed by atoms with Gasteiger partial charge in [0.1, 0.15) is 0 Å². The lowest BCUT2D eigenvalue weighted by Crippen LogP contribution is -2.37. The van der Waals surface area contributed by atoms with Gasteiger partial charge in [0, 0.05) is 17.7 Å². The first-order valence-electron chi connectivity index (χ1n) is 9.99. The monoisotopic (exact) mass is 408 g/mol. The number of rotatable bonds is 6. The number of carbonyl (C=O) groups is 2. The van der Waals surface area contributed by atoms with Crippen LogP contribution in [0, 0.1) is 0 Å². The normalized spacial score (nSPS) is 16.3. The minimum atomic E-state index is -0.118. The number of amides is 1. The van der Waals surface area contributed by atoms with Gasteiger partial charge in [-0.05, 0) is 49.9 Å². The number of Topliss-reactive ketones (excluding diaryl/α,β-unsaturated/α-hetero) is 1. The van der Waals surface area contributed by atoms with Crippen LogP contribution >= 0.6 is 11.3 Å². The van der Waals surface area contributed by atoms with Crippen LogP contribution < -0.4 is 4.90 Å². The number of aryl methyl sites for hydroxylation is 1. The van der Waals surface area contributed by atoms with Crippen LogP contribution in [-0.2, 0) is 11.2 Å². The zero-order chi connectivity index (χ0) is 20.4. The van der Waals surface area contributed by atoms with Crippen LogP contribution in [0.4, 0.5) is 5.13 Å². The van der Waals surface area contributed by atoms with Gasteiger partial charge in [-0.1, -0.05) is 42.5 Å². The number of para-hydroxylation sites is 1. The number of ketones is 1. The van der Waals surface area contributed by atoms with Gasteiger partial charge < -0.3 is 4.74 Å². The van der Waals surface area contributed by atoms with Crippen LogP contribution in [0.5, 0.6) is 0 Å². The fourth-order valence-corrected chi connectivity index (χ4v) is 4.66. The molecular weight excluding hydrogens is 384 g/mol. The van der Waals surface area contributed by atoms with Gasteiger partial charge in [-0.2, -0.15) is 0 Å². The van der Waals surface area contributed by atoms with Crippen molar-refractivity contribution < 1.29 is 14.3 Å². The lowest BCUT2D eigenvalue weighted by atomic mass is 10.1. The predicted molar refractivity (Wildman–Crippen MR) is 116 cm³/mol. The largest absolute Gasteiger partial charge is 0.376 e. The van der Waals surface area contributed by atoms with Gasteiger partial charge in [0.15, 0.2) is 10.9 Å². The molecule has 5 nitrogen and oxygen atoms in total. The van der Waals surface area contributed by atoms with Crippen molar-refractivity contribution in [3.8, 4) is 0 Å². The molecule has 3 aromatic rings. The molecule has 0 radical (unpaired) electrons. The van der Waals surface area contributed by atoms with E-state index in [2.05, 4.69) is 13.0 Å². The molecule has 0 N–H and O–H groups in total. The maximum Gasteiger partial charge on any atom is 0.260 e. The van der Waals surface area contributed by atoms with E-state index in [1.807, 2.05) is 12.1 Å². The van der Waals surface area contributed by atoms with Crippen molar-refractivity contribution in [1.82, 2.24) is 4.98 Å². The topological polar surface area (TPSA) is 59.5 Å². The number of ether oxygens (including phenoxy) is 1. The molecule has 29 heavy (non-hydrogen) atoms. The van der Waals surface area contributed by atoms with Crippen LogP contribution in [0.15, 0.2) is 42.5 Å². The second-order valence-corrected chi connectivity index (χ2v) is 8.31. The van der Waals surface area contributed by atoms with Gasteiger partial charge in [-0.25, -0.2) is 4.98 Å². The highest BCUT2D eigenvalue weighted by atomic mass is 32.1. The molecule has 1 aliphatic heterocycles. The number of fused-ring (bicyclic) bond motifs is 1. The molecular formula is C23H24N2O3S. The van der Waals surface area contributed by atoms with Gasteiger partial charge in [0.25, 0.3) is 5.91 Å². The lowest BCUT2D eigenvalue weighted by Gasteiger charge is -2.23. The summed E-state index contributed by atoms with van der Waals surface area (Å²) < 4.78 is 6.88. The van der Waals surface area contributed by atoms with E-state index in [4.69, 9.17) is 9.72 Å². The molecule has 6 heteroatoms. The van der Waals surface area contributed by atoms with E-state index in [1.165, 1.54) is 23.8 Å². The molecule has 1 aliphatic rings. The van der Waals surface area contributed by atoms with E-state index in [0.29, 0.717) is 22.8 Å². The number of hydrogen-bond acceptors (Lipinski definition) is 5. The standard InChI is InChI=1S/C23H24N2O3S/c1-3-16-6-4-8-20-21(16)24-23(29-20)25(14-19-7-5-13-28-19)22(27)18-11-9-17(10-12-18)15(2)26/h4,6,8-12,19H,3,5,7,13-14H2,1-2H3. The highest BCUT2D eigenvalue weighted by Crippen LogP contribution is 2.32. The molecule has 1 aromatic heterocycles. The third kappa shape index (κ3) is 4.09. The number of nitrogens with zero attached hydrogens (tertiary/aromatic N) is 2. The Labute approximate surface area is 174 Å². The number of anilines is 1. The zero-order valence-electron chi connectivity index (χ0n) is 16.7. The number of thiazole rings is 1. The number of carbonyl (C=O) groups excluding carboxylic acids is 2. The third-order valence-corrected chi connectivity index (χ3v) is 6.34.